The Kier molecular flexibility index (Phi) is 6.50. The van der Waals surface area contributed by atoms with Gasteiger partial charge in [-0.2, -0.15) is 0 Å². The van der Waals surface area contributed by atoms with E-state index in [1.807, 2.05) is 0 Å². The predicted molar refractivity (Wildman–Crippen MR) is 76.5 cm³/mol. The SMILES string of the molecule is CCCNC1CCN(C(CC)(CC)CC)CC1. The Bertz CT molecular complexity index is 183. The standard InChI is InChI=1S/C15H32N2/c1-5-11-16-14-9-12-17(13-10-14)15(6-2,7-3)8-4/h14,16H,5-13H2,1-4H3. The second-order valence-corrected chi connectivity index (χ2v) is 5.50. The summed E-state index contributed by atoms with van der Waals surface area (Å²) in [6.45, 7) is 13.1. The van der Waals surface area contributed by atoms with Crippen LogP contribution in [0.2, 0.25) is 0 Å². The van der Waals surface area contributed by atoms with Crippen molar-refractivity contribution in [3.63, 3.8) is 0 Å². The van der Waals surface area contributed by atoms with Crippen LogP contribution in [0.15, 0.2) is 0 Å². The van der Waals surface area contributed by atoms with E-state index < -0.39 is 0 Å². The molecule has 17 heavy (non-hydrogen) atoms. The fourth-order valence-electron chi connectivity index (χ4n) is 3.33. The molecule has 0 atom stereocenters. The monoisotopic (exact) mass is 240 g/mol. The van der Waals surface area contributed by atoms with Crippen LogP contribution in [-0.4, -0.2) is 36.1 Å². The summed E-state index contributed by atoms with van der Waals surface area (Å²) in [4.78, 5) is 2.76. The van der Waals surface area contributed by atoms with E-state index in [-0.39, 0.29) is 0 Å². The Balaban J connectivity index is 2.44. The minimum absolute atomic E-state index is 0.482. The van der Waals surface area contributed by atoms with Crippen LogP contribution in [-0.2, 0) is 0 Å². The average Bonchev–Trinajstić information content (AvgIpc) is 2.40. The van der Waals surface area contributed by atoms with E-state index in [4.69, 9.17) is 0 Å². The summed E-state index contributed by atoms with van der Waals surface area (Å²) in [7, 11) is 0. The van der Waals surface area contributed by atoms with Crippen molar-refractivity contribution in [1.29, 1.82) is 0 Å². The molecule has 0 saturated carbocycles. The first-order valence-electron chi connectivity index (χ1n) is 7.70. The van der Waals surface area contributed by atoms with Gasteiger partial charge in [0.1, 0.15) is 0 Å². The summed E-state index contributed by atoms with van der Waals surface area (Å²) in [5, 5.41) is 3.67. The zero-order chi connectivity index (χ0) is 12.7. The maximum atomic E-state index is 3.67. The number of nitrogens with one attached hydrogen (secondary N) is 1. The van der Waals surface area contributed by atoms with Crippen LogP contribution in [0.1, 0.15) is 66.2 Å². The van der Waals surface area contributed by atoms with E-state index in [2.05, 4.69) is 37.9 Å². The molecule has 0 amide bonds. The maximum absolute atomic E-state index is 3.67. The lowest BCUT2D eigenvalue weighted by Gasteiger charge is -2.46. The Morgan fingerprint density at radius 3 is 1.94 bits per heavy atom. The third kappa shape index (κ3) is 3.69. The topological polar surface area (TPSA) is 15.3 Å². The first-order valence-corrected chi connectivity index (χ1v) is 7.70. The van der Waals surface area contributed by atoms with Crippen molar-refractivity contribution in [2.45, 2.75) is 77.8 Å². The first kappa shape index (κ1) is 15.0. The highest BCUT2D eigenvalue weighted by Crippen LogP contribution is 2.30. The van der Waals surface area contributed by atoms with Crippen LogP contribution in [0.3, 0.4) is 0 Å². The largest absolute Gasteiger partial charge is 0.314 e. The van der Waals surface area contributed by atoms with Crippen LogP contribution >= 0.6 is 0 Å². The van der Waals surface area contributed by atoms with E-state index in [1.54, 1.807) is 0 Å². The van der Waals surface area contributed by atoms with E-state index in [0.29, 0.717) is 5.54 Å². The lowest BCUT2D eigenvalue weighted by atomic mass is 9.85. The third-order valence-corrected chi connectivity index (χ3v) is 4.82. The highest BCUT2D eigenvalue weighted by Gasteiger charge is 2.33. The summed E-state index contributed by atoms with van der Waals surface area (Å²) in [6.07, 6.45) is 7.82. The van der Waals surface area contributed by atoms with Gasteiger partial charge in [-0.05, 0) is 45.1 Å². The van der Waals surface area contributed by atoms with Gasteiger partial charge in [-0.25, -0.2) is 0 Å². The molecule has 0 aliphatic carbocycles. The van der Waals surface area contributed by atoms with Gasteiger partial charge in [-0.15, -0.1) is 0 Å². The molecule has 1 fully saturated rings. The summed E-state index contributed by atoms with van der Waals surface area (Å²) in [6, 6.07) is 0.773. The average molecular weight is 240 g/mol. The zero-order valence-corrected chi connectivity index (χ0v) is 12.4. The molecule has 0 spiro atoms. The molecule has 1 rings (SSSR count). The predicted octanol–water partition coefficient (Wildman–Crippen LogP) is 3.42. The second kappa shape index (κ2) is 7.38. The Morgan fingerprint density at radius 1 is 1.00 bits per heavy atom. The van der Waals surface area contributed by atoms with E-state index in [9.17, 15) is 0 Å². The van der Waals surface area contributed by atoms with Crippen LogP contribution in [0.5, 0.6) is 0 Å². The maximum Gasteiger partial charge on any atom is 0.0201 e. The molecule has 2 nitrogen and oxygen atoms in total. The second-order valence-electron chi connectivity index (χ2n) is 5.50. The fraction of sp³-hybridized carbons (Fsp3) is 1.00. The molecule has 102 valence electrons. The van der Waals surface area contributed by atoms with Gasteiger partial charge >= 0.3 is 0 Å². The highest BCUT2D eigenvalue weighted by molar-refractivity contribution is 4.91. The van der Waals surface area contributed by atoms with Gasteiger partial charge < -0.3 is 5.32 Å². The summed E-state index contributed by atoms with van der Waals surface area (Å²) in [5.41, 5.74) is 0.482. The van der Waals surface area contributed by atoms with Crippen molar-refractivity contribution in [1.82, 2.24) is 10.2 Å². The van der Waals surface area contributed by atoms with Crippen molar-refractivity contribution in [2.75, 3.05) is 19.6 Å². The Morgan fingerprint density at radius 2 is 1.53 bits per heavy atom. The minimum atomic E-state index is 0.482. The van der Waals surface area contributed by atoms with E-state index >= 15 is 0 Å². The molecule has 1 aliphatic heterocycles. The summed E-state index contributed by atoms with van der Waals surface area (Å²) < 4.78 is 0. The quantitative estimate of drug-likeness (QED) is 0.733. The molecule has 1 heterocycles. The third-order valence-electron chi connectivity index (χ3n) is 4.82. The molecular formula is C15H32N2. The molecule has 0 aromatic heterocycles. The van der Waals surface area contributed by atoms with Gasteiger partial charge in [0.15, 0.2) is 0 Å². The van der Waals surface area contributed by atoms with Gasteiger partial charge in [0.25, 0.3) is 0 Å². The van der Waals surface area contributed by atoms with Crippen molar-refractivity contribution in [3.05, 3.63) is 0 Å². The van der Waals surface area contributed by atoms with Crippen LogP contribution in [0.25, 0.3) is 0 Å². The van der Waals surface area contributed by atoms with Gasteiger partial charge in [0.2, 0.25) is 0 Å². The van der Waals surface area contributed by atoms with E-state index in [0.717, 1.165) is 6.04 Å². The van der Waals surface area contributed by atoms with Gasteiger partial charge in [-0.3, -0.25) is 4.90 Å². The highest BCUT2D eigenvalue weighted by atomic mass is 15.2. The Hall–Kier alpha value is -0.0800. The van der Waals surface area contributed by atoms with Crippen molar-refractivity contribution >= 4 is 0 Å². The van der Waals surface area contributed by atoms with Crippen molar-refractivity contribution in [3.8, 4) is 0 Å². The molecule has 1 saturated heterocycles. The zero-order valence-electron chi connectivity index (χ0n) is 12.4. The van der Waals surface area contributed by atoms with Crippen LogP contribution in [0.4, 0.5) is 0 Å². The number of piperidine rings is 1. The molecule has 1 N–H and O–H groups in total. The molecule has 0 bridgehead atoms. The summed E-state index contributed by atoms with van der Waals surface area (Å²) in [5.74, 6) is 0. The molecule has 0 radical (unpaired) electrons. The normalized spacial score (nSPS) is 19.8. The summed E-state index contributed by atoms with van der Waals surface area (Å²) >= 11 is 0. The van der Waals surface area contributed by atoms with Gasteiger partial charge in [0, 0.05) is 24.7 Å². The first-order chi connectivity index (χ1) is 8.22. The number of rotatable bonds is 7. The number of likely N-dealkylation sites (tertiary alicyclic amines) is 1. The van der Waals surface area contributed by atoms with Crippen LogP contribution in [0, 0.1) is 0 Å². The van der Waals surface area contributed by atoms with Crippen molar-refractivity contribution in [2.24, 2.45) is 0 Å². The molecule has 0 unspecified atom stereocenters. The number of nitrogens with zero attached hydrogens (tertiary/aromatic N) is 1. The molecular weight excluding hydrogens is 208 g/mol. The molecule has 0 aromatic carbocycles. The number of hydrogen-bond donors (Lipinski definition) is 1. The smallest absolute Gasteiger partial charge is 0.0201 e. The molecule has 1 aliphatic rings. The van der Waals surface area contributed by atoms with Gasteiger partial charge in [0.05, 0.1) is 0 Å². The van der Waals surface area contributed by atoms with Crippen molar-refractivity contribution < 1.29 is 0 Å². The fourth-order valence-corrected chi connectivity index (χ4v) is 3.33. The Labute approximate surface area is 108 Å². The number of hydrogen-bond acceptors (Lipinski definition) is 2. The molecule has 0 aromatic rings. The lowest BCUT2D eigenvalue weighted by molar-refractivity contribution is 0.0454. The van der Waals surface area contributed by atoms with Crippen LogP contribution < -0.4 is 5.32 Å². The lowest BCUT2D eigenvalue weighted by Crippen LogP contribution is -2.53. The minimum Gasteiger partial charge on any atom is -0.314 e. The molecule has 2 heteroatoms. The van der Waals surface area contributed by atoms with E-state index in [1.165, 1.54) is 58.2 Å². The van der Waals surface area contributed by atoms with Gasteiger partial charge in [-0.1, -0.05) is 27.7 Å².